The lowest BCUT2D eigenvalue weighted by molar-refractivity contribution is 1.22. The van der Waals surface area contributed by atoms with Crippen LogP contribution < -0.4 is 0 Å². The number of hydrogen-bond acceptors (Lipinski definition) is 1. The summed E-state index contributed by atoms with van der Waals surface area (Å²) in [5, 5.41) is 0. The van der Waals surface area contributed by atoms with Crippen LogP contribution in [0.4, 0.5) is 0 Å². The summed E-state index contributed by atoms with van der Waals surface area (Å²) in [4.78, 5) is 4.28. The molecule has 0 aromatic carbocycles. The minimum absolute atomic E-state index is 1.01. The van der Waals surface area contributed by atoms with Crippen molar-refractivity contribution in [2.24, 2.45) is 0 Å². The number of allylic oxidation sites excluding steroid dienone is 3. The Balaban J connectivity index is 2.97. The Morgan fingerprint density at radius 1 is 1.50 bits per heavy atom. The summed E-state index contributed by atoms with van der Waals surface area (Å²) in [5.41, 5.74) is 3.34. The van der Waals surface area contributed by atoms with Gasteiger partial charge in [-0.25, -0.2) is 0 Å². The van der Waals surface area contributed by atoms with Gasteiger partial charge in [-0.1, -0.05) is 24.8 Å². The molecule has 0 fully saturated rings. The Bertz CT molecular complexity index is 293. The van der Waals surface area contributed by atoms with E-state index >= 15 is 0 Å². The summed E-state index contributed by atoms with van der Waals surface area (Å²) < 4.78 is 0. The molecule has 1 nitrogen and oxygen atoms in total. The van der Waals surface area contributed by atoms with Crippen molar-refractivity contribution in [2.75, 3.05) is 0 Å². The Labute approximate surface area is 73.5 Å². The zero-order valence-corrected chi connectivity index (χ0v) is 7.54. The molecule has 0 aliphatic heterocycles. The van der Waals surface area contributed by atoms with Gasteiger partial charge in [-0.3, -0.25) is 4.98 Å². The van der Waals surface area contributed by atoms with Crippen LogP contribution in [0.3, 0.4) is 0 Å². The highest BCUT2D eigenvalue weighted by Gasteiger charge is 1.93. The highest BCUT2D eigenvalue weighted by atomic mass is 14.7. The number of pyridine rings is 1. The van der Waals surface area contributed by atoms with E-state index in [1.54, 1.807) is 6.08 Å². The van der Waals surface area contributed by atoms with Crippen molar-refractivity contribution in [3.8, 4) is 0 Å². The van der Waals surface area contributed by atoms with Crippen molar-refractivity contribution in [1.82, 2.24) is 4.98 Å². The third kappa shape index (κ3) is 2.06. The highest BCUT2D eigenvalue weighted by Crippen LogP contribution is 2.10. The minimum Gasteiger partial charge on any atom is -0.256 e. The van der Waals surface area contributed by atoms with E-state index in [-0.39, 0.29) is 0 Å². The Morgan fingerprint density at radius 2 is 2.25 bits per heavy atom. The summed E-state index contributed by atoms with van der Waals surface area (Å²) >= 11 is 0. The van der Waals surface area contributed by atoms with Crippen LogP contribution in [0.25, 0.3) is 5.57 Å². The predicted molar refractivity (Wildman–Crippen MR) is 52.8 cm³/mol. The fourth-order valence-electron chi connectivity index (χ4n) is 0.963. The third-order valence-electron chi connectivity index (χ3n) is 1.68. The minimum atomic E-state index is 1.01. The lowest BCUT2D eigenvalue weighted by Gasteiger charge is -1.98. The van der Waals surface area contributed by atoms with Crippen molar-refractivity contribution in [2.45, 2.75) is 13.8 Å². The fraction of sp³-hybridized carbons (Fsp3) is 0.182. The summed E-state index contributed by atoms with van der Waals surface area (Å²) in [6.45, 7) is 7.70. The summed E-state index contributed by atoms with van der Waals surface area (Å²) in [6, 6.07) is 4.08. The van der Waals surface area contributed by atoms with Crippen LogP contribution in [0.2, 0.25) is 0 Å². The van der Waals surface area contributed by atoms with Gasteiger partial charge in [-0.2, -0.15) is 0 Å². The van der Waals surface area contributed by atoms with Crippen molar-refractivity contribution in [3.63, 3.8) is 0 Å². The van der Waals surface area contributed by atoms with E-state index < -0.39 is 0 Å². The Kier molecular flexibility index (Phi) is 2.81. The molecule has 0 atom stereocenters. The maximum Gasteiger partial charge on any atom is 0.0658 e. The molecule has 62 valence electrons. The molecule has 0 spiro atoms. The normalized spacial score (nSPS) is 11.3. The number of aryl methyl sites for hydroxylation is 1. The van der Waals surface area contributed by atoms with Gasteiger partial charge >= 0.3 is 0 Å². The monoisotopic (exact) mass is 159 g/mol. The van der Waals surface area contributed by atoms with E-state index in [9.17, 15) is 0 Å². The molecule has 0 saturated carbocycles. The zero-order chi connectivity index (χ0) is 8.97. The van der Waals surface area contributed by atoms with E-state index in [0.717, 1.165) is 11.3 Å². The van der Waals surface area contributed by atoms with Gasteiger partial charge in [0, 0.05) is 6.20 Å². The highest BCUT2D eigenvalue weighted by molar-refractivity contribution is 5.61. The van der Waals surface area contributed by atoms with E-state index in [1.807, 2.05) is 32.2 Å². The average Bonchev–Trinajstić information content (AvgIpc) is 2.06. The number of rotatable bonds is 2. The summed E-state index contributed by atoms with van der Waals surface area (Å²) in [7, 11) is 0. The molecular weight excluding hydrogens is 146 g/mol. The number of nitrogens with zero attached hydrogens (tertiary/aromatic N) is 1. The van der Waals surface area contributed by atoms with Gasteiger partial charge in [-0.15, -0.1) is 0 Å². The van der Waals surface area contributed by atoms with E-state index in [2.05, 4.69) is 17.6 Å². The molecule has 1 aromatic heterocycles. The molecule has 0 aliphatic rings. The second-order valence-electron chi connectivity index (χ2n) is 2.81. The van der Waals surface area contributed by atoms with E-state index in [1.165, 1.54) is 5.56 Å². The first-order valence-corrected chi connectivity index (χ1v) is 3.96. The van der Waals surface area contributed by atoms with Gasteiger partial charge in [0.1, 0.15) is 0 Å². The molecule has 0 N–H and O–H groups in total. The van der Waals surface area contributed by atoms with Gasteiger partial charge in [0.25, 0.3) is 0 Å². The Hall–Kier alpha value is -1.37. The molecule has 0 radical (unpaired) electrons. The summed E-state index contributed by atoms with van der Waals surface area (Å²) in [6.07, 6.45) is 5.60. The van der Waals surface area contributed by atoms with Crippen molar-refractivity contribution in [1.29, 1.82) is 0 Å². The van der Waals surface area contributed by atoms with Crippen LogP contribution in [0.15, 0.2) is 37.1 Å². The SMILES string of the molecule is C=C/C=C(\C)c1ccc(C)cn1. The predicted octanol–water partition coefficient (Wildman–Crippen LogP) is 2.98. The van der Waals surface area contributed by atoms with E-state index in [4.69, 9.17) is 0 Å². The van der Waals surface area contributed by atoms with Crippen LogP contribution in [-0.2, 0) is 0 Å². The molecular formula is C11H13N. The standard InChI is InChI=1S/C11H13N/c1-4-5-10(3)11-7-6-9(2)8-12-11/h4-8H,1H2,2-3H3/b10-5+. The van der Waals surface area contributed by atoms with Crippen LogP contribution in [-0.4, -0.2) is 4.98 Å². The van der Waals surface area contributed by atoms with Crippen LogP contribution >= 0.6 is 0 Å². The molecule has 0 saturated heterocycles. The van der Waals surface area contributed by atoms with Crippen molar-refractivity contribution >= 4 is 5.57 Å². The second kappa shape index (κ2) is 3.86. The smallest absolute Gasteiger partial charge is 0.0658 e. The maximum atomic E-state index is 4.28. The molecule has 1 heteroatoms. The Morgan fingerprint density at radius 3 is 2.75 bits per heavy atom. The molecule has 0 bridgehead atoms. The molecule has 1 rings (SSSR count). The topological polar surface area (TPSA) is 12.9 Å². The molecule has 0 aliphatic carbocycles. The van der Waals surface area contributed by atoms with Crippen LogP contribution in [0, 0.1) is 6.92 Å². The first-order valence-electron chi connectivity index (χ1n) is 3.96. The van der Waals surface area contributed by atoms with Crippen molar-refractivity contribution in [3.05, 3.63) is 48.3 Å². The second-order valence-corrected chi connectivity index (χ2v) is 2.81. The number of hydrogen-bond donors (Lipinski definition) is 0. The van der Waals surface area contributed by atoms with Gasteiger partial charge in [0.05, 0.1) is 5.69 Å². The molecule has 1 aromatic rings. The van der Waals surface area contributed by atoms with E-state index in [0.29, 0.717) is 0 Å². The first-order chi connectivity index (χ1) is 5.74. The van der Waals surface area contributed by atoms with Crippen LogP contribution in [0.1, 0.15) is 18.2 Å². The van der Waals surface area contributed by atoms with Gasteiger partial charge in [0.2, 0.25) is 0 Å². The summed E-state index contributed by atoms with van der Waals surface area (Å²) in [5.74, 6) is 0. The lowest BCUT2D eigenvalue weighted by Crippen LogP contribution is -1.85. The lowest BCUT2D eigenvalue weighted by atomic mass is 10.1. The first kappa shape index (κ1) is 8.72. The van der Waals surface area contributed by atoms with Gasteiger partial charge in [-0.05, 0) is 31.1 Å². The average molecular weight is 159 g/mol. The molecule has 0 amide bonds. The quantitative estimate of drug-likeness (QED) is 0.604. The molecule has 12 heavy (non-hydrogen) atoms. The van der Waals surface area contributed by atoms with Gasteiger partial charge in [0.15, 0.2) is 0 Å². The zero-order valence-electron chi connectivity index (χ0n) is 7.54. The largest absolute Gasteiger partial charge is 0.256 e. The molecule has 0 unspecified atom stereocenters. The third-order valence-corrected chi connectivity index (χ3v) is 1.68. The van der Waals surface area contributed by atoms with Crippen LogP contribution in [0.5, 0.6) is 0 Å². The van der Waals surface area contributed by atoms with Crippen molar-refractivity contribution < 1.29 is 0 Å². The number of aromatic nitrogens is 1. The fourth-order valence-corrected chi connectivity index (χ4v) is 0.963. The maximum absolute atomic E-state index is 4.28. The molecule has 1 heterocycles. The van der Waals surface area contributed by atoms with Gasteiger partial charge < -0.3 is 0 Å².